The molecule has 18 heavy (non-hydrogen) atoms. The highest BCUT2D eigenvalue weighted by atomic mass is 32.1. The van der Waals surface area contributed by atoms with Crippen LogP contribution in [-0.4, -0.2) is 11.0 Å². The Balaban J connectivity index is 1.88. The molecule has 1 aromatic rings. The normalized spacial score (nSPS) is 19.1. The molecular formula is C15H26N2S. The third-order valence-corrected chi connectivity index (χ3v) is 5.26. The van der Waals surface area contributed by atoms with Gasteiger partial charge in [-0.3, -0.25) is 0 Å². The van der Waals surface area contributed by atoms with E-state index in [1.54, 1.807) is 0 Å². The highest BCUT2D eigenvalue weighted by Gasteiger charge is 2.22. The minimum absolute atomic E-state index is 0.701. The molecule has 1 aliphatic carbocycles. The van der Waals surface area contributed by atoms with E-state index in [1.165, 1.54) is 54.1 Å². The second-order valence-corrected chi connectivity index (χ2v) is 6.82. The molecule has 0 bridgehead atoms. The van der Waals surface area contributed by atoms with E-state index in [0.717, 1.165) is 12.5 Å². The van der Waals surface area contributed by atoms with Gasteiger partial charge in [0, 0.05) is 17.5 Å². The van der Waals surface area contributed by atoms with Crippen molar-refractivity contribution < 1.29 is 0 Å². The van der Waals surface area contributed by atoms with Crippen LogP contribution in [0.1, 0.15) is 61.0 Å². The summed E-state index contributed by atoms with van der Waals surface area (Å²) in [5, 5.41) is 4.97. The molecule has 0 amide bonds. The van der Waals surface area contributed by atoms with Gasteiger partial charge in [-0.1, -0.05) is 26.2 Å². The summed E-state index contributed by atoms with van der Waals surface area (Å²) in [5.74, 6) is 0.901. The molecule has 1 fully saturated rings. The summed E-state index contributed by atoms with van der Waals surface area (Å²) in [7, 11) is 0. The Kier molecular flexibility index (Phi) is 5.19. The van der Waals surface area contributed by atoms with Gasteiger partial charge in [-0.25, -0.2) is 4.98 Å². The lowest BCUT2D eigenvalue weighted by atomic mass is 9.83. The molecule has 1 aliphatic rings. The van der Waals surface area contributed by atoms with Crippen LogP contribution in [0.4, 0.5) is 0 Å². The van der Waals surface area contributed by atoms with Crippen molar-refractivity contribution >= 4 is 11.3 Å². The highest BCUT2D eigenvalue weighted by molar-refractivity contribution is 7.11. The second-order valence-electron chi connectivity index (χ2n) is 5.54. The molecule has 0 aromatic carbocycles. The molecular weight excluding hydrogens is 240 g/mol. The topological polar surface area (TPSA) is 24.9 Å². The van der Waals surface area contributed by atoms with Crippen molar-refractivity contribution in [3.8, 4) is 0 Å². The lowest BCUT2D eigenvalue weighted by Crippen LogP contribution is -2.36. The fourth-order valence-corrected chi connectivity index (χ4v) is 4.03. The standard InChI is InChI=1S/C15H26N2S/c1-4-14(13-8-6-5-7-9-13)16-10-15-11(2)17-12(3)18-15/h13-14,16H,4-10H2,1-3H3. The summed E-state index contributed by atoms with van der Waals surface area (Å²) in [6.45, 7) is 7.55. The predicted octanol–water partition coefficient (Wildman–Crippen LogP) is 4.21. The van der Waals surface area contributed by atoms with E-state index >= 15 is 0 Å². The smallest absolute Gasteiger partial charge is 0.0900 e. The third-order valence-electron chi connectivity index (χ3n) is 4.18. The quantitative estimate of drug-likeness (QED) is 0.863. The third kappa shape index (κ3) is 3.55. The van der Waals surface area contributed by atoms with Crippen molar-refractivity contribution in [2.45, 2.75) is 71.9 Å². The van der Waals surface area contributed by atoms with Gasteiger partial charge in [0.05, 0.1) is 10.7 Å². The molecule has 1 unspecified atom stereocenters. The zero-order chi connectivity index (χ0) is 13.0. The van der Waals surface area contributed by atoms with Crippen LogP contribution in [0, 0.1) is 19.8 Å². The summed E-state index contributed by atoms with van der Waals surface area (Å²) in [6.07, 6.45) is 8.41. The molecule has 0 radical (unpaired) electrons. The van der Waals surface area contributed by atoms with Crippen molar-refractivity contribution in [3.05, 3.63) is 15.6 Å². The SMILES string of the molecule is CCC(NCc1sc(C)nc1C)C1CCCCC1. The lowest BCUT2D eigenvalue weighted by molar-refractivity contribution is 0.262. The minimum Gasteiger partial charge on any atom is -0.309 e. The molecule has 102 valence electrons. The molecule has 0 spiro atoms. The first kappa shape index (κ1) is 14.0. The number of thiazole rings is 1. The number of rotatable bonds is 5. The minimum atomic E-state index is 0.701. The molecule has 2 nitrogen and oxygen atoms in total. The monoisotopic (exact) mass is 266 g/mol. The summed E-state index contributed by atoms with van der Waals surface area (Å²) in [5.41, 5.74) is 1.21. The van der Waals surface area contributed by atoms with Gasteiger partial charge in [0.15, 0.2) is 0 Å². The van der Waals surface area contributed by atoms with E-state index < -0.39 is 0 Å². The van der Waals surface area contributed by atoms with E-state index in [4.69, 9.17) is 0 Å². The fourth-order valence-electron chi connectivity index (χ4n) is 3.14. The molecule has 0 saturated heterocycles. The molecule has 1 N–H and O–H groups in total. The van der Waals surface area contributed by atoms with Gasteiger partial charge in [-0.2, -0.15) is 0 Å². The Labute approximate surface area is 115 Å². The van der Waals surface area contributed by atoms with Crippen LogP contribution in [-0.2, 0) is 6.54 Å². The van der Waals surface area contributed by atoms with Gasteiger partial charge in [0.1, 0.15) is 0 Å². The molecule has 1 atom stereocenters. The molecule has 0 aliphatic heterocycles. The van der Waals surface area contributed by atoms with Crippen LogP contribution in [0.2, 0.25) is 0 Å². The molecule has 1 saturated carbocycles. The average molecular weight is 266 g/mol. The highest BCUT2D eigenvalue weighted by Crippen LogP contribution is 2.28. The van der Waals surface area contributed by atoms with E-state index in [0.29, 0.717) is 6.04 Å². The van der Waals surface area contributed by atoms with E-state index in [1.807, 2.05) is 11.3 Å². The van der Waals surface area contributed by atoms with Crippen LogP contribution >= 0.6 is 11.3 Å². The summed E-state index contributed by atoms with van der Waals surface area (Å²) < 4.78 is 0. The maximum atomic E-state index is 4.51. The van der Waals surface area contributed by atoms with Crippen molar-refractivity contribution in [2.24, 2.45) is 5.92 Å². The van der Waals surface area contributed by atoms with Gasteiger partial charge >= 0.3 is 0 Å². The first-order valence-electron chi connectivity index (χ1n) is 7.37. The van der Waals surface area contributed by atoms with Crippen molar-refractivity contribution in [1.82, 2.24) is 10.3 Å². The number of hydrogen-bond donors (Lipinski definition) is 1. The van der Waals surface area contributed by atoms with Crippen LogP contribution in [0.3, 0.4) is 0 Å². The lowest BCUT2D eigenvalue weighted by Gasteiger charge is -2.30. The Bertz CT molecular complexity index is 367. The van der Waals surface area contributed by atoms with E-state index in [-0.39, 0.29) is 0 Å². The van der Waals surface area contributed by atoms with Crippen molar-refractivity contribution in [2.75, 3.05) is 0 Å². The van der Waals surface area contributed by atoms with Gasteiger partial charge in [0.25, 0.3) is 0 Å². The van der Waals surface area contributed by atoms with Gasteiger partial charge < -0.3 is 5.32 Å². The fraction of sp³-hybridized carbons (Fsp3) is 0.800. The maximum Gasteiger partial charge on any atom is 0.0900 e. The Hall–Kier alpha value is -0.410. The Morgan fingerprint density at radius 2 is 2.00 bits per heavy atom. The van der Waals surface area contributed by atoms with Crippen LogP contribution in [0.25, 0.3) is 0 Å². The Morgan fingerprint density at radius 3 is 2.56 bits per heavy atom. The van der Waals surface area contributed by atoms with Crippen LogP contribution < -0.4 is 5.32 Å². The second kappa shape index (κ2) is 6.67. The van der Waals surface area contributed by atoms with E-state index in [2.05, 4.69) is 31.1 Å². The number of nitrogens with zero attached hydrogens (tertiary/aromatic N) is 1. The zero-order valence-electron chi connectivity index (χ0n) is 12.0. The molecule has 2 rings (SSSR count). The summed E-state index contributed by atoms with van der Waals surface area (Å²) in [6, 6.07) is 0.701. The van der Waals surface area contributed by atoms with Gasteiger partial charge in [-0.05, 0) is 39.0 Å². The first-order valence-corrected chi connectivity index (χ1v) is 8.18. The number of hydrogen-bond acceptors (Lipinski definition) is 3. The zero-order valence-corrected chi connectivity index (χ0v) is 12.8. The number of nitrogens with one attached hydrogen (secondary N) is 1. The first-order chi connectivity index (χ1) is 8.70. The summed E-state index contributed by atoms with van der Waals surface area (Å²) >= 11 is 1.84. The van der Waals surface area contributed by atoms with Crippen LogP contribution in [0.15, 0.2) is 0 Å². The molecule has 3 heteroatoms. The summed E-state index contributed by atoms with van der Waals surface area (Å²) in [4.78, 5) is 5.92. The largest absolute Gasteiger partial charge is 0.309 e. The van der Waals surface area contributed by atoms with Crippen molar-refractivity contribution in [3.63, 3.8) is 0 Å². The predicted molar refractivity (Wildman–Crippen MR) is 79.1 cm³/mol. The number of aromatic nitrogens is 1. The van der Waals surface area contributed by atoms with E-state index in [9.17, 15) is 0 Å². The molecule has 1 heterocycles. The Morgan fingerprint density at radius 1 is 1.28 bits per heavy atom. The van der Waals surface area contributed by atoms with Gasteiger partial charge in [0.2, 0.25) is 0 Å². The molecule has 1 aromatic heterocycles. The average Bonchev–Trinajstić information content (AvgIpc) is 2.70. The van der Waals surface area contributed by atoms with Crippen LogP contribution in [0.5, 0.6) is 0 Å². The van der Waals surface area contributed by atoms with Gasteiger partial charge in [-0.15, -0.1) is 11.3 Å². The number of aryl methyl sites for hydroxylation is 2. The maximum absolute atomic E-state index is 4.51. The van der Waals surface area contributed by atoms with Crippen molar-refractivity contribution in [1.29, 1.82) is 0 Å².